The van der Waals surface area contributed by atoms with Crippen molar-refractivity contribution in [2.45, 2.75) is 12.8 Å². The van der Waals surface area contributed by atoms with E-state index in [1.807, 2.05) is 0 Å². The summed E-state index contributed by atoms with van der Waals surface area (Å²) in [6.45, 7) is 1.82. The molecule has 2 heteroatoms. The molecule has 0 aromatic rings. The molecule has 1 fully saturated rings. The maximum Gasteiger partial charge on any atom is 0.141 e. The van der Waals surface area contributed by atoms with E-state index in [-0.39, 0.29) is 5.92 Å². The number of nitrogens with one attached hydrogen (secondary N) is 1. The van der Waals surface area contributed by atoms with Crippen molar-refractivity contribution in [2.75, 3.05) is 13.1 Å². The van der Waals surface area contributed by atoms with Gasteiger partial charge >= 0.3 is 0 Å². The second-order valence-corrected chi connectivity index (χ2v) is 2.97. The Kier molecular flexibility index (Phi) is 1.34. The summed E-state index contributed by atoms with van der Waals surface area (Å²) in [5, 5.41) is 3.21. The highest BCUT2D eigenvalue weighted by atomic mass is 16.1. The van der Waals surface area contributed by atoms with Crippen molar-refractivity contribution in [1.82, 2.24) is 5.32 Å². The molecule has 2 rings (SSSR count). The third-order valence-corrected chi connectivity index (χ3v) is 2.31. The first-order valence-electron chi connectivity index (χ1n) is 3.80. The Morgan fingerprint density at radius 2 is 2.50 bits per heavy atom. The van der Waals surface area contributed by atoms with Crippen LogP contribution >= 0.6 is 0 Å². The van der Waals surface area contributed by atoms with Gasteiger partial charge in [0, 0.05) is 19.5 Å². The molecule has 1 N–H and O–H groups in total. The van der Waals surface area contributed by atoms with Crippen LogP contribution in [0.4, 0.5) is 0 Å². The second-order valence-electron chi connectivity index (χ2n) is 2.97. The summed E-state index contributed by atoms with van der Waals surface area (Å²) in [7, 11) is 0. The van der Waals surface area contributed by atoms with Gasteiger partial charge in [0.05, 0.1) is 5.92 Å². The molecule has 0 bridgehead atoms. The Labute approximate surface area is 60.3 Å². The molecular formula is C8H11NO. The van der Waals surface area contributed by atoms with Crippen LogP contribution in [-0.2, 0) is 4.79 Å². The molecule has 1 unspecified atom stereocenters. The van der Waals surface area contributed by atoms with E-state index in [2.05, 4.69) is 11.4 Å². The molecule has 0 radical (unpaired) electrons. The standard InChI is InChI=1S/C8H11NO/c10-8-3-1-2-6-4-9-5-7(6)8/h2,7,9H,1,3-5H2. The van der Waals surface area contributed by atoms with Crippen LogP contribution in [0, 0.1) is 5.92 Å². The monoisotopic (exact) mass is 137 g/mol. The van der Waals surface area contributed by atoms with Crippen LogP contribution in [0.1, 0.15) is 12.8 Å². The van der Waals surface area contributed by atoms with Gasteiger partial charge in [-0.3, -0.25) is 4.79 Å². The highest BCUT2D eigenvalue weighted by molar-refractivity contribution is 5.85. The van der Waals surface area contributed by atoms with E-state index < -0.39 is 0 Å². The normalized spacial score (nSPS) is 31.8. The molecule has 0 amide bonds. The molecule has 54 valence electrons. The van der Waals surface area contributed by atoms with Gasteiger partial charge in [-0.1, -0.05) is 6.08 Å². The lowest BCUT2D eigenvalue weighted by molar-refractivity contribution is -0.121. The van der Waals surface area contributed by atoms with E-state index in [9.17, 15) is 4.79 Å². The Morgan fingerprint density at radius 1 is 1.60 bits per heavy atom. The number of fused-ring (bicyclic) bond motifs is 1. The largest absolute Gasteiger partial charge is 0.312 e. The van der Waals surface area contributed by atoms with Gasteiger partial charge in [-0.15, -0.1) is 0 Å². The molecule has 2 nitrogen and oxygen atoms in total. The number of hydrogen-bond acceptors (Lipinski definition) is 2. The Morgan fingerprint density at radius 3 is 3.30 bits per heavy atom. The van der Waals surface area contributed by atoms with Gasteiger partial charge in [0.15, 0.2) is 0 Å². The Balaban J connectivity index is 2.26. The zero-order chi connectivity index (χ0) is 6.97. The van der Waals surface area contributed by atoms with E-state index in [4.69, 9.17) is 0 Å². The first kappa shape index (κ1) is 6.10. The van der Waals surface area contributed by atoms with Crippen LogP contribution in [0.5, 0.6) is 0 Å². The molecule has 1 aliphatic heterocycles. The Bertz CT molecular complexity index is 195. The number of Topliss-reactive ketones (excluding diaryl/α,β-unsaturated/α-hetero) is 1. The van der Waals surface area contributed by atoms with E-state index in [0.717, 1.165) is 25.9 Å². The molecule has 0 aromatic carbocycles. The lowest BCUT2D eigenvalue weighted by Crippen LogP contribution is -2.20. The molecule has 0 saturated carbocycles. The summed E-state index contributed by atoms with van der Waals surface area (Å²) in [5.41, 5.74) is 1.33. The summed E-state index contributed by atoms with van der Waals surface area (Å²) in [6, 6.07) is 0. The smallest absolute Gasteiger partial charge is 0.141 e. The first-order valence-corrected chi connectivity index (χ1v) is 3.80. The van der Waals surface area contributed by atoms with Gasteiger partial charge in [-0.05, 0) is 12.0 Å². The third kappa shape index (κ3) is 0.797. The minimum Gasteiger partial charge on any atom is -0.312 e. The van der Waals surface area contributed by atoms with Crippen molar-refractivity contribution < 1.29 is 4.79 Å². The fourth-order valence-electron chi connectivity index (χ4n) is 1.72. The number of rotatable bonds is 0. The van der Waals surface area contributed by atoms with E-state index in [1.54, 1.807) is 0 Å². The van der Waals surface area contributed by atoms with Crippen LogP contribution in [0.15, 0.2) is 11.6 Å². The van der Waals surface area contributed by atoms with Crippen molar-refractivity contribution in [1.29, 1.82) is 0 Å². The molecule has 10 heavy (non-hydrogen) atoms. The molecule has 1 heterocycles. The van der Waals surface area contributed by atoms with Crippen molar-refractivity contribution in [3.05, 3.63) is 11.6 Å². The molecule has 1 aliphatic carbocycles. The van der Waals surface area contributed by atoms with Gasteiger partial charge < -0.3 is 5.32 Å². The average molecular weight is 137 g/mol. The van der Waals surface area contributed by atoms with Crippen molar-refractivity contribution in [3.8, 4) is 0 Å². The first-order chi connectivity index (χ1) is 4.88. The van der Waals surface area contributed by atoms with Crippen LogP contribution in [-0.4, -0.2) is 18.9 Å². The van der Waals surface area contributed by atoms with Crippen LogP contribution in [0.3, 0.4) is 0 Å². The zero-order valence-electron chi connectivity index (χ0n) is 5.89. The van der Waals surface area contributed by atoms with Gasteiger partial charge in [0.2, 0.25) is 0 Å². The molecular weight excluding hydrogens is 126 g/mol. The molecule has 0 spiro atoms. The van der Waals surface area contributed by atoms with Gasteiger partial charge in [-0.2, -0.15) is 0 Å². The number of allylic oxidation sites excluding steroid dienone is 1. The topological polar surface area (TPSA) is 29.1 Å². The van der Waals surface area contributed by atoms with E-state index in [0.29, 0.717) is 5.78 Å². The summed E-state index contributed by atoms with van der Waals surface area (Å²) in [6.07, 6.45) is 3.94. The molecule has 1 saturated heterocycles. The molecule has 1 atom stereocenters. The average Bonchev–Trinajstić information content (AvgIpc) is 2.36. The number of hydrogen-bond donors (Lipinski definition) is 1. The fourth-order valence-corrected chi connectivity index (χ4v) is 1.72. The summed E-state index contributed by atoms with van der Waals surface area (Å²) >= 11 is 0. The Hall–Kier alpha value is -0.630. The predicted molar refractivity (Wildman–Crippen MR) is 38.7 cm³/mol. The highest BCUT2D eigenvalue weighted by Crippen LogP contribution is 2.23. The third-order valence-electron chi connectivity index (χ3n) is 2.31. The van der Waals surface area contributed by atoms with Crippen LogP contribution < -0.4 is 5.32 Å². The number of carbonyl (C=O) groups is 1. The number of ketones is 1. The van der Waals surface area contributed by atoms with Gasteiger partial charge in [-0.25, -0.2) is 0 Å². The van der Waals surface area contributed by atoms with E-state index >= 15 is 0 Å². The van der Waals surface area contributed by atoms with E-state index in [1.165, 1.54) is 5.57 Å². The van der Waals surface area contributed by atoms with Crippen LogP contribution in [0.25, 0.3) is 0 Å². The highest BCUT2D eigenvalue weighted by Gasteiger charge is 2.28. The SMILES string of the molecule is O=C1CCC=C2CNCC12. The summed E-state index contributed by atoms with van der Waals surface area (Å²) in [5.74, 6) is 0.677. The van der Waals surface area contributed by atoms with Gasteiger partial charge in [0.25, 0.3) is 0 Å². The quantitative estimate of drug-likeness (QED) is 0.492. The summed E-state index contributed by atoms with van der Waals surface area (Å²) in [4.78, 5) is 11.2. The summed E-state index contributed by atoms with van der Waals surface area (Å²) < 4.78 is 0. The van der Waals surface area contributed by atoms with Gasteiger partial charge in [0.1, 0.15) is 5.78 Å². The lowest BCUT2D eigenvalue weighted by atomic mass is 9.89. The van der Waals surface area contributed by atoms with Crippen molar-refractivity contribution >= 4 is 5.78 Å². The second kappa shape index (κ2) is 2.20. The lowest BCUT2D eigenvalue weighted by Gasteiger charge is -2.13. The molecule has 0 aromatic heterocycles. The van der Waals surface area contributed by atoms with Crippen molar-refractivity contribution in [3.63, 3.8) is 0 Å². The van der Waals surface area contributed by atoms with Crippen LogP contribution in [0.2, 0.25) is 0 Å². The fraction of sp³-hybridized carbons (Fsp3) is 0.625. The van der Waals surface area contributed by atoms with Crippen molar-refractivity contribution in [2.24, 2.45) is 5.92 Å². The number of carbonyl (C=O) groups excluding carboxylic acids is 1. The zero-order valence-corrected chi connectivity index (χ0v) is 5.89. The maximum absolute atomic E-state index is 11.2. The maximum atomic E-state index is 11.2. The molecule has 2 aliphatic rings. The predicted octanol–water partition coefficient (Wildman–Crippen LogP) is 0.495. The minimum atomic E-state index is 0.244. The minimum absolute atomic E-state index is 0.244.